The number of para-hydroxylation sites is 1. The molecule has 0 N–H and O–H groups in total. The monoisotopic (exact) mass is 395 g/mol. The summed E-state index contributed by atoms with van der Waals surface area (Å²) in [5, 5.41) is 9.46. The molecule has 0 aliphatic rings. The molecule has 3 rings (SSSR count). The summed E-state index contributed by atoms with van der Waals surface area (Å²) in [4.78, 5) is 25.1. The third-order valence-corrected chi connectivity index (χ3v) is 4.67. The Labute approximate surface area is 169 Å². The van der Waals surface area contributed by atoms with E-state index in [0.717, 1.165) is 18.5 Å². The summed E-state index contributed by atoms with van der Waals surface area (Å²) in [6.45, 7) is 6.24. The Kier molecular flexibility index (Phi) is 6.59. The first-order valence-electron chi connectivity index (χ1n) is 9.81. The SMILES string of the molecule is CCOC(=O)c1c(C)nnc(CCCn2ccc3ccccc32)c1C(=O)OCC. The number of hydrogen-bond donors (Lipinski definition) is 0. The van der Waals surface area contributed by atoms with Crippen LogP contribution in [0.4, 0.5) is 0 Å². The lowest BCUT2D eigenvalue weighted by atomic mass is 10.0. The van der Waals surface area contributed by atoms with Gasteiger partial charge in [-0.15, -0.1) is 0 Å². The molecule has 0 bridgehead atoms. The molecule has 2 aromatic heterocycles. The van der Waals surface area contributed by atoms with Crippen LogP contribution in [0.15, 0.2) is 36.5 Å². The first-order chi connectivity index (χ1) is 14.1. The maximum atomic E-state index is 12.6. The van der Waals surface area contributed by atoms with Crippen molar-refractivity contribution in [3.05, 3.63) is 59.0 Å². The topological polar surface area (TPSA) is 83.3 Å². The van der Waals surface area contributed by atoms with Crippen molar-refractivity contribution in [3.63, 3.8) is 0 Å². The molecule has 0 aliphatic carbocycles. The van der Waals surface area contributed by atoms with Crippen LogP contribution in [0.5, 0.6) is 0 Å². The fourth-order valence-electron chi connectivity index (χ4n) is 3.36. The molecule has 3 aromatic rings. The number of ether oxygens (including phenoxy) is 2. The molecule has 0 unspecified atom stereocenters. The van der Waals surface area contributed by atoms with E-state index in [1.807, 2.05) is 18.3 Å². The second-order valence-electron chi connectivity index (χ2n) is 6.59. The second-order valence-corrected chi connectivity index (χ2v) is 6.59. The minimum absolute atomic E-state index is 0.140. The molecule has 0 saturated carbocycles. The van der Waals surface area contributed by atoms with E-state index in [0.29, 0.717) is 17.8 Å². The zero-order chi connectivity index (χ0) is 20.8. The lowest BCUT2D eigenvalue weighted by molar-refractivity contribution is 0.0475. The van der Waals surface area contributed by atoms with Gasteiger partial charge in [0, 0.05) is 18.3 Å². The van der Waals surface area contributed by atoms with Crippen LogP contribution in [0.3, 0.4) is 0 Å². The fourth-order valence-corrected chi connectivity index (χ4v) is 3.36. The number of carbonyl (C=O) groups is 2. The lowest BCUT2D eigenvalue weighted by Crippen LogP contribution is -2.21. The average molecular weight is 395 g/mol. The highest BCUT2D eigenvalue weighted by Gasteiger charge is 2.27. The minimum atomic E-state index is -0.583. The Morgan fingerprint density at radius 3 is 2.38 bits per heavy atom. The van der Waals surface area contributed by atoms with Crippen molar-refractivity contribution < 1.29 is 19.1 Å². The summed E-state index contributed by atoms with van der Waals surface area (Å²) in [7, 11) is 0. The van der Waals surface area contributed by atoms with Crippen LogP contribution in [-0.4, -0.2) is 39.9 Å². The van der Waals surface area contributed by atoms with Gasteiger partial charge < -0.3 is 14.0 Å². The van der Waals surface area contributed by atoms with E-state index in [1.165, 1.54) is 5.39 Å². The molecule has 0 atom stereocenters. The quantitative estimate of drug-likeness (QED) is 0.541. The van der Waals surface area contributed by atoms with Crippen LogP contribution < -0.4 is 0 Å². The highest BCUT2D eigenvalue weighted by Crippen LogP contribution is 2.21. The van der Waals surface area contributed by atoms with Crippen molar-refractivity contribution in [2.45, 2.75) is 40.2 Å². The molecule has 7 heteroatoms. The summed E-state index contributed by atoms with van der Waals surface area (Å²) in [6.07, 6.45) is 3.26. The Bertz CT molecular complexity index is 1030. The van der Waals surface area contributed by atoms with Gasteiger partial charge in [-0.25, -0.2) is 9.59 Å². The molecule has 0 radical (unpaired) electrons. The number of nitrogens with zero attached hydrogens (tertiary/aromatic N) is 3. The van der Waals surface area contributed by atoms with Gasteiger partial charge >= 0.3 is 11.9 Å². The number of aryl methyl sites for hydroxylation is 3. The van der Waals surface area contributed by atoms with Crippen LogP contribution in [-0.2, 0) is 22.4 Å². The minimum Gasteiger partial charge on any atom is -0.462 e. The van der Waals surface area contributed by atoms with E-state index >= 15 is 0 Å². The molecule has 0 aliphatic heterocycles. The van der Waals surface area contributed by atoms with Crippen molar-refractivity contribution in [2.24, 2.45) is 0 Å². The summed E-state index contributed by atoms with van der Waals surface area (Å²) < 4.78 is 12.5. The zero-order valence-electron chi connectivity index (χ0n) is 17.0. The molecule has 0 saturated heterocycles. The van der Waals surface area contributed by atoms with Crippen molar-refractivity contribution in [1.82, 2.24) is 14.8 Å². The lowest BCUT2D eigenvalue weighted by Gasteiger charge is -2.14. The van der Waals surface area contributed by atoms with E-state index in [-0.39, 0.29) is 24.3 Å². The normalized spacial score (nSPS) is 10.9. The van der Waals surface area contributed by atoms with Crippen molar-refractivity contribution in [1.29, 1.82) is 0 Å². The zero-order valence-corrected chi connectivity index (χ0v) is 17.0. The number of fused-ring (bicyclic) bond motifs is 1. The number of esters is 2. The van der Waals surface area contributed by atoms with E-state index in [2.05, 4.69) is 33.0 Å². The molecule has 152 valence electrons. The maximum Gasteiger partial charge on any atom is 0.341 e. The molecule has 29 heavy (non-hydrogen) atoms. The highest BCUT2D eigenvalue weighted by atomic mass is 16.5. The standard InChI is InChI=1S/C22H25N3O4/c1-4-28-21(26)19-15(3)23-24-17(20(19)22(27)29-5-2)10-8-13-25-14-12-16-9-6-7-11-18(16)25/h6-7,9,11-12,14H,4-5,8,10,13H2,1-3H3. The molecule has 0 spiro atoms. The molecule has 2 heterocycles. The predicted octanol–water partition coefficient (Wildman–Crippen LogP) is 3.73. The van der Waals surface area contributed by atoms with Crippen LogP contribution in [0.2, 0.25) is 0 Å². The Morgan fingerprint density at radius 2 is 1.66 bits per heavy atom. The summed E-state index contributed by atoms with van der Waals surface area (Å²) in [5.74, 6) is -1.16. The van der Waals surface area contributed by atoms with Gasteiger partial charge in [-0.2, -0.15) is 10.2 Å². The highest BCUT2D eigenvalue weighted by molar-refractivity contribution is 6.04. The van der Waals surface area contributed by atoms with Gasteiger partial charge in [0.1, 0.15) is 0 Å². The third kappa shape index (κ3) is 4.45. The van der Waals surface area contributed by atoms with Crippen LogP contribution >= 0.6 is 0 Å². The second kappa shape index (κ2) is 9.32. The largest absolute Gasteiger partial charge is 0.462 e. The third-order valence-electron chi connectivity index (χ3n) is 4.67. The van der Waals surface area contributed by atoms with Gasteiger partial charge in [-0.1, -0.05) is 18.2 Å². The fraction of sp³-hybridized carbons (Fsp3) is 0.364. The van der Waals surface area contributed by atoms with E-state index < -0.39 is 11.9 Å². The molecule has 1 aromatic carbocycles. The molecular formula is C22H25N3O4. The van der Waals surface area contributed by atoms with Gasteiger partial charge in [0.25, 0.3) is 0 Å². The smallest absolute Gasteiger partial charge is 0.341 e. The first kappa shape index (κ1) is 20.5. The van der Waals surface area contributed by atoms with E-state index in [4.69, 9.17) is 9.47 Å². The summed E-state index contributed by atoms with van der Waals surface area (Å²) in [6, 6.07) is 10.2. The van der Waals surface area contributed by atoms with Crippen molar-refractivity contribution >= 4 is 22.8 Å². The Balaban J connectivity index is 1.86. The van der Waals surface area contributed by atoms with Crippen molar-refractivity contribution in [2.75, 3.05) is 13.2 Å². The maximum absolute atomic E-state index is 12.6. The van der Waals surface area contributed by atoms with E-state index in [9.17, 15) is 9.59 Å². The number of carbonyl (C=O) groups excluding carboxylic acids is 2. The van der Waals surface area contributed by atoms with Crippen LogP contribution in [0, 0.1) is 6.92 Å². The average Bonchev–Trinajstić information content (AvgIpc) is 3.12. The molecule has 0 amide bonds. The number of rotatable bonds is 8. The number of hydrogen-bond acceptors (Lipinski definition) is 6. The van der Waals surface area contributed by atoms with Gasteiger partial charge in [0.2, 0.25) is 0 Å². The summed E-state index contributed by atoms with van der Waals surface area (Å²) in [5.41, 5.74) is 2.26. The Hall–Kier alpha value is -3.22. The van der Waals surface area contributed by atoms with E-state index in [1.54, 1.807) is 20.8 Å². The van der Waals surface area contributed by atoms with Gasteiger partial charge in [-0.3, -0.25) is 0 Å². The number of aromatic nitrogens is 3. The molecular weight excluding hydrogens is 370 g/mol. The summed E-state index contributed by atoms with van der Waals surface area (Å²) >= 11 is 0. The molecule has 0 fully saturated rings. The van der Waals surface area contributed by atoms with Crippen molar-refractivity contribution in [3.8, 4) is 0 Å². The molecule has 7 nitrogen and oxygen atoms in total. The predicted molar refractivity (Wildman–Crippen MR) is 109 cm³/mol. The van der Waals surface area contributed by atoms with Crippen LogP contribution in [0.1, 0.15) is 52.4 Å². The number of benzene rings is 1. The van der Waals surface area contributed by atoms with Gasteiger partial charge in [-0.05, 0) is 51.1 Å². The Morgan fingerprint density at radius 1 is 0.966 bits per heavy atom. The first-order valence-corrected chi connectivity index (χ1v) is 9.81. The van der Waals surface area contributed by atoms with Gasteiger partial charge in [0.05, 0.1) is 35.7 Å². The van der Waals surface area contributed by atoms with Gasteiger partial charge in [0.15, 0.2) is 0 Å². The van der Waals surface area contributed by atoms with Crippen LogP contribution in [0.25, 0.3) is 10.9 Å².